The number of hydrogen-bond acceptors (Lipinski definition) is 4. The molecular weight excluding hydrogens is 191 g/mol. The van der Waals surface area contributed by atoms with Crippen LogP contribution in [0.15, 0.2) is 42.9 Å². The molecule has 0 aromatic carbocycles. The van der Waals surface area contributed by atoms with Crippen LogP contribution in [0.25, 0.3) is 11.3 Å². The molecule has 0 aliphatic heterocycles. The van der Waals surface area contributed by atoms with Gasteiger partial charge in [0.05, 0.1) is 5.69 Å². The van der Waals surface area contributed by atoms with Crippen LogP contribution < -0.4 is 5.46 Å². The van der Waals surface area contributed by atoms with E-state index in [-0.39, 0.29) is 0 Å². The zero-order valence-electron chi connectivity index (χ0n) is 7.91. The monoisotopic (exact) mass is 200 g/mol. The Balaban J connectivity index is 2.42. The summed E-state index contributed by atoms with van der Waals surface area (Å²) in [6, 6.07) is 7.18. The fourth-order valence-electron chi connectivity index (χ4n) is 1.27. The van der Waals surface area contributed by atoms with E-state index in [0.29, 0.717) is 5.46 Å². The van der Waals surface area contributed by atoms with Gasteiger partial charge >= 0.3 is 7.12 Å². The lowest BCUT2D eigenvalue weighted by atomic mass is 9.81. The number of aromatic nitrogens is 2. The maximum absolute atomic E-state index is 8.99. The standard InChI is InChI=1S/C10H9BN2O2/c14-11(15)9-5-8(6-12-7-9)10-3-1-2-4-13-10/h1-7,14-15H. The molecule has 0 atom stereocenters. The molecule has 0 saturated heterocycles. The molecule has 5 heteroatoms. The highest BCUT2D eigenvalue weighted by Crippen LogP contribution is 2.12. The van der Waals surface area contributed by atoms with Crippen molar-refractivity contribution in [3.8, 4) is 11.3 Å². The van der Waals surface area contributed by atoms with Crippen molar-refractivity contribution in [2.24, 2.45) is 0 Å². The molecule has 2 rings (SSSR count). The van der Waals surface area contributed by atoms with Crippen LogP contribution in [-0.4, -0.2) is 27.1 Å². The quantitative estimate of drug-likeness (QED) is 0.660. The summed E-state index contributed by atoms with van der Waals surface area (Å²) in [5, 5.41) is 18.0. The summed E-state index contributed by atoms with van der Waals surface area (Å²) in [5.41, 5.74) is 1.88. The second-order valence-electron chi connectivity index (χ2n) is 3.10. The number of nitrogens with zero attached hydrogens (tertiary/aromatic N) is 2. The fraction of sp³-hybridized carbons (Fsp3) is 0. The molecule has 0 saturated carbocycles. The minimum Gasteiger partial charge on any atom is -0.423 e. The van der Waals surface area contributed by atoms with Gasteiger partial charge in [0.1, 0.15) is 0 Å². The van der Waals surface area contributed by atoms with Crippen molar-refractivity contribution in [2.75, 3.05) is 0 Å². The van der Waals surface area contributed by atoms with Gasteiger partial charge in [-0.05, 0) is 18.2 Å². The molecule has 0 unspecified atom stereocenters. The van der Waals surface area contributed by atoms with Crippen molar-refractivity contribution in [2.45, 2.75) is 0 Å². The molecule has 2 aromatic heterocycles. The van der Waals surface area contributed by atoms with Crippen molar-refractivity contribution in [3.05, 3.63) is 42.9 Å². The fourth-order valence-corrected chi connectivity index (χ4v) is 1.27. The van der Waals surface area contributed by atoms with Crippen LogP contribution in [0.2, 0.25) is 0 Å². The zero-order valence-corrected chi connectivity index (χ0v) is 7.91. The van der Waals surface area contributed by atoms with Crippen LogP contribution in [0.1, 0.15) is 0 Å². The highest BCUT2D eigenvalue weighted by molar-refractivity contribution is 6.58. The second kappa shape index (κ2) is 4.21. The van der Waals surface area contributed by atoms with Gasteiger partial charge in [-0.1, -0.05) is 6.07 Å². The Labute approximate surface area is 87.4 Å². The molecule has 0 amide bonds. The van der Waals surface area contributed by atoms with E-state index in [9.17, 15) is 0 Å². The van der Waals surface area contributed by atoms with Crippen molar-refractivity contribution >= 4 is 12.6 Å². The topological polar surface area (TPSA) is 66.2 Å². The highest BCUT2D eigenvalue weighted by atomic mass is 16.4. The summed E-state index contributed by atoms with van der Waals surface area (Å²) < 4.78 is 0. The Morgan fingerprint density at radius 3 is 2.67 bits per heavy atom. The van der Waals surface area contributed by atoms with E-state index in [4.69, 9.17) is 10.0 Å². The first kappa shape index (κ1) is 9.83. The van der Waals surface area contributed by atoms with E-state index < -0.39 is 7.12 Å². The van der Waals surface area contributed by atoms with Gasteiger partial charge in [-0.2, -0.15) is 0 Å². The molecule has 2 aromatic rings. The van der Waals surface area contributed by atoms with Gasteiger partial charge in [0.15, 0.2) is 0 Å². The lowest BCUT2D eigenvalue weighted by Crippen LogP contribution is -2.30. The molecule has 0 aliphatic rings. The maximum Gasteiger partial charge on any atom is 0.490 e. The number of hydrogen-bond donors (Lipinski definition) is 2. The van der Waals surface area contributed by atoms with Crippen molar-refractivity contribution in [1.29, 1.82) is 0 Å². The van der Waals surface area contributed by atoms with Crippen LogP contribution in [-0.2, 0) is 0 Å². The molecule has 0 radical (unpaired) electrons. The van der Waals surface area contributed by atoms with E-state index >= 15 is 0 Å². The molecule has 0 bridgehead atoms. The molecule has 0 aliphatic carbocycles. The molecule has 4 nitrogen and oxygen atoms in total. The third-order valence-corrected chi connectivity index (χ3v) is 2.02. The molecular formula is C10H9BN2O2. The third kappa shape index (κ3) is 2.20. The minimum absolute atomic E-state index is 0.359. The van der Waals surface area contributed by atoms with E-state index in [2.05, 4.69) is 9.97 Å². The Morgan fingerprint density at radius 2 is 2.00 bits per heavy atom. The molecule has 15 heavy (non-hydrogen) atoms. The Bertz CT molecular complexity index is 448. The molecule has 0 fully saturated rings. The average molecular weight is 200 g/mol. The van der Waals surface area contributed by atoms with Gasteiger partial charge in [-0.3, -0.25) is 9.97 Å². The lowest BCUT2D eigenvalue weighted by molar-refractivity contribution is 0.425. The molecule has 2 heterocycles. The van der Waals surface area contributed by atoms with E-state index in [0.717, 1.165) is 11.3 Å². The smallest absolute Gasteiger partial charge is 0.423 e. The zero-order chi connectivity index (χ0) is 10.7. The van der Waals surface area contributed by atoms with Crippen LogP contribution in [0.5, 0.6) is 0 Å². The summed E-state index contributed by atoms with van der Waals surface area (Å²) in [5.74, 6) is 0. The SMILES string of the molecule is OB(O)c1cncc(-c2ccccn2)c1. The van der Waals surface area contributed by atoms with Crippen molar-refractivity contribution in [1.82, 2.24) is 9.97 Å². The van der Waals surface area contributed by atoms with Gasteiger partial charge < -0.3 is 10.0 Å². The van der Waals surface area contributed by atoms with Crippen LogP contribution >= 0.6 is 0 Å². The van der Waals surface area contributed by atoms with Crippen LogP contribution in [0, 0.1) is 0 Å². The Morgan fingerprint density at radius 1 is 1.13 bits per heavy atom. The molecule has 2 N–H and O–H groups in total. The van der Waals surface area contributed by atoms with Gasteiger partial charge in [0.25, 0.3) is 0 Å². The van der Waals surface area contributed by atoms with Gasteiger partial charge in [0.2, 0.25) is 0 Å². The largest absolute Gasteiger partial charge is 0.490 e. The summed E-state index contributed by atoms with van der Waals surface area (Å²) in [6.45, 7) is 0. The molecule has 74 valence electrons. The molecule has 0 spiro atoms. The number of rotatable bonds is 2. The van der Waals surface area contributed by atoms with Gasteiger partial charge in [-0.15, -0.1) is 0 Å². The second-order valence-corrected chi connectivity index (χ2v) is 3.10. The first-order valence-electron chi connectivity index (χ1n) is 4.50. The average Bonchev–Trinajstić information content (AvgIpc) is 2.30. The first-order chi connectivity index (χ1) is 7.27. The number of pyridine rings is 2. The van der Waals surface area contributed by atoms with Crippen molar-refractivity contribution in [3.63, 3.8) is 0 Å². The summed E-state index contributed by atoms with van der Waals surface area (Å²) in [6.07, 6.45) is 4.72. The normalized spacial score (nSPS) is 10.0. The van der Waals surface area contributed by atoms with Crippen LogP contribution in [0.3, 0.4) is 0 Å². The van der Waals surface area contributed by atoms with E-state index in [1.54, 1.807) is 18.5 Å². The maximum atomic E-state index is 8.99. The summed E-state index contributed by atoms with van der Waals surface area (Å²) >= 11 is 0. The minimum atomic E-state index is -1.50. The van der Waals surface area contributed by atoms with Gasteiger partial charge in [0, 0.05) is 29.6 Å². The van der Waals surface area contributed by atoms with Crippen LogP contribution in [0.4, 0.5) is 0 Å². The van der Waals surface area contributed by atoms with Crippen molar-refractivity contribution < 1.29 is 10.0 Å². The highest BCUT2D eigenvalue weighted by Gasteiger charge is 2.12. The van der Waals surface area contributed by atoms with Gasteiger partial charge in [-0.25, -0.2) is 0 Å². The summed E-state index contributed by atoms with van der Waals surface area (Å²) in [7, 11) is -1.50. The third-order valence-electron chi connectivity index (χ3n) is 2.02. The summed E-state index contributed by atoms with van der Waals surface area (Å²) in [4.78, 5) is 8.07. The van der Waals surface area contributed by atoms with E-state index in [1.165, 1.54) is 6.20 Å². The predicted molar refractivity (Wildman–Crippen MR) is 57.3 cm³/mol. The van der Waals surface area contributed by atoms with E-state index in [1.807, 2.05) is 18.2 Å². The predicted octanol–water partition coefficient (Wildman–Crippen LogP) is -0.177. The Hall–Kier alpha value is -1.72. The first-order valence-corrected chi connectivity index (χ1v) is 4.50. The Kier molecular flexibility index (Phi) is 2.76. The lowest BCUT2D eigenvalue weighted by Gasteiger charge is -2.02.